The van der Waals surface area contributed by atoms with Crippen molar-refractivity contribution in [1.29, 1.82) is 0 Å². The fraction of sp³-hybridized carbons (Fsp3) is 0.402. The summed E-state index contributed by atoms with van der Waals surface area (Å²) < 4.78 is 0. The van der Waals surface area contributed by atoms with Crippen LogP contribution in [0.25, 0.3) is 82.7 Å². The van der Waals surface area contributed by atoms with Crippen molar-refractivity contribution in [2.45, 2.75) is 205 Å². The third kappa shape index (κ3) is 16.0. The summed E-state index contributed by atoms with van der Waals surface area (Å²) in [6, 6.07) is 52.9. The summed E-state index contributed by atoms with van der Waals surface area (Å²) in [5.74, 6) is 0.718. The highest BCUT2D eigenvalue weighted by molar-refractivity contribution is 6.09. The Balaban J connectivity index is 1.22. The third-order valence-corrected chi connectivity index (χ3v) is 18.1. The Morgan fingerprint density at radius 2 is 1.04 bits per heavy atom. The van der Waals surface area contributed by atoms with Crippen LogP contribution in [0.4, 0.5) is 0 Å². The molecule has 0 aliphatic heterocycles. The summed E-state index contributed by atoms with van der Waals surface area (Å²) >= 11 is 0. The predicted octanol–water partition coefficient (Wildman–Crippen LogP) is 25.5. The van der Waals surface area contributed by atoms with Crippen LogP contribution in [0.5, 0.6) is 0 Å². The molecular weight excluding hydrogens is 999 g/mol. The molecule has 1 heterocycles. The van der Waals surface area contributed by atoms with E-state index in [1.54, 1.807) is 0 Å². The molecule has 8 rings (SSSR count). The van der Waals surface area contributed by atoms with Crippen LogP contribution in [0.15, 0.2) is 169 Å². The smallest absolute Gasteiger partial charge is 0.0794 e. The van der Waals surface area contributed by atoms with E-state index in [4.69, 9.17) is 4.98 Å². The molecule has 7 aromatic carbocycles. The summed E-state index contributed by atoms with van der Waals surface area (Å²) in [5, 5.41) is 6.04. The van der Waals surface area contributed by atoms with E-state index >= 15 is 0 Å². The van der Waals surface area contributed by atoms with Crippen molar-refractivity contribution in [3.63, 3.8) is 0 Å². The van der Waals surface area contributed by atoms with Crippen LogP contribution in [0.1, 0.15) is 219 Å². The second kappa shape index (κ2) is 29.3. The molecule has 0 atom stereocenters. The normalized spacial score (nSPS) is 13.1. The van der Waals surface area contributed by atoms with Crippen LogP contribution in [-0.4, -0.2) is 4.98 Å². The number of allylic oxidation sites excluding steroid dienone is 8. The molecule has 0 saturated heterocycles. The van der Waals surface area contributed by atoms with Gasteiger partial charge in [-0.1, -0.05) is 322 Å². The van der Waals surface area contributed by atoms with Crippen molar-refractivity contribution in [3.05, 3.63) is 203 Å². The molecule has 0 radical (unpaired) electrons. The maximum absolute atomic E-state index is 5.99. The third-order valence-electron chi connectivity index (χ3n) is 18.1. The van der Waals surface area contributed by atoms with Gasteiger partial charge in [0.05, 0.1) is 11.2 Å². The second-order valence-electron chi connectivity index (χ2n) is 26.6. The molecule has 0 amide bonds. The standard InChI is InChI=1S/C82H101N/c1-14-17-19-21-23-25-34-62(35-26-24-22-20-18-15-2)55-67-56-68(82(11,12)13)49-51-73(67)70-50-48-66(54-60(70)6)58(4)45-47-63(33-16-3)74-53-52-69(59(5)44-46-61(7)81(8,9)10)77-57-78(75-42-31-38-64-36-27-29-40-71(64)75)80(83-79(74)77)76-43-32-39-65-37-28-30-41-72(65)76/h27-32,36-54,56-57,62H,14-26,33-35,55H2,1-13H3/b58-45+,59-44+,61-46+,63-47+. The fourth-order valence-electron chi connectivity index (χ4n) is 12.4. The fourth-order valence-corrected chi connectivity index (χ4v) is 12.4. The lowest BCUT2D eigenvalue weighted by Gasteiger charge is -2.25. The Morgan fingerprint density at radius 1 is 0.470 bits per heavy atom. The molecule has 0 N–H and O–H groups in total. The number of hydrogen-bond acceptors (Lipinski definition) is 1. The second-order valence-corrected chi connectivity index (χ2v) is 26.6. The Kier molecular flexibility index (Phi) is 22.1. The number of rotatable bonds is 26. The molecule has 0 saturated carbocycles. The first-order valence-electron chi connectivity index (χ1n) is 32.4. The largest absolute Gasteiger partial charge is 0.246 e. The maximum atomic E-state index is 5.99. The zero-order chi connectivity index (χ0) is 59.1. The summed E-state index contributed by atoms with van der Waals surface area (Å²) in [4.78, 5) is 5.99. The van der Waals surface area contributed by atoms with Gasteiger partial charge in [-0.05, 0) is 146 Å². The molecular formula is C82H101N. The number of nitrogens with zero attached hydrogens (tertiary/aromatic N) is 1. The average molecular weight is 1100 g/mol. The van der Waals surface area contributed by atoms with E-state index < -0.39 is 0 Å². The van der Waals surface area contributed by atoms with Gasteiger partial charge in [-0.3, -0.25) is 0 Å². The minimum atomic E-state index is 0.0797. The zero-order valence-electron chi connectivity index (χ0n) is 53.6. The molecule has 8 aromatic rings. The van der Waals surface area contributed by atoms with E-state index in [0.717, 1.165) is 47.5 Å². The minimum Gasteiger partial charge on any atom is -0.246 e. The van der Waals surface area contributed by atoms with Crippen LogP contribution in [-0.2, 0) is 11.8 Å². The molecule has 0 unspecified atom stereocenters. The number of aryl methyl sites for hydroxylation is 1. The highest BCUT2D eigenvalue weighted by Crippen LogP contribution is 2.44. The zero-order valence-corrected chi connectivity index (χ0v) is 53.6. The number of hydrogen-bond donors (Lipinski definition) is 0. The van der Waals surface area contributed by atoms with Gasteiger partial charge in [0.2, 0.25) is 0 Å². The van der Waals surface area contributed by atoms with E-state index in [-0.39, 0.29) is 10.8 Å². The Morgan fingerprint density at radius 3 is 1.65 bits per heavy atom. The number of benzene rings is 7. The van der Waals surface area contributed by atoms with E-state index in [9.17, 15) is 0 Å². The van der Waals surface area contributed by atoms with Crippen molar-refractivity contribution in [3.8, 4) is 33.5 Å². The highest BCUT2D eigenvalue weighted by Gasteiger charge is 2.23. The summed E-state index contributed by atoms with van der Waals surface area (Å²) in [6.07, 6.45) is 31.6. The lowest BCUT2D eigenvalue weighted by Crippen LogP contribution is -2.13. The quantitative estimate of drug-likeness (QED) is 0.0389. The molecule has 0 bridgehead atoms. The SMILES string of the molecule is CCCCCCCCC(CCCCCCCC)Cc1cc(C(C)(C)C)ccc1-c1ccc(/C(C)=C/C=C(\CCC)c2ccc(/C(C)=C/C=C(\C)C(C)(C)C)c3cc(-c4cccc5ccccc45)c(-c4cccc5ccccc45)nc23)cc1C. The molecule has 1 aromatic heterocycles. The van der Waals surface area contributed by atoms with Gasteiger partial charge in [-0.15, -0.1) is 0 Å². The highest BCUT2D eigenvalue weighted by atomic mass is 14.7. The number of pyridine rings is 1. The van der Waals surface area contributed by atoms with E-state index in [2.05, 4.69) is 254 Å². The van der Waals surface area contributed by atoms with Crippen LogP contribution >= 0.6 is 0 Å². The van der Waals surface area contributed by atoms with Crippen LogP contribution in [0.3, 0.4) is 0 Å². The molecule has 83 heavy (non-hydrogen) atoms. The maximum Gasteiger partial charge on any atom is 0.0794 e. The van der Waals surface area contributed by atoms with Crippen molar-refractivity contribution in [2.24, 2.45) is 11.3 Å². The van der Waals surface area contributed by atoms with Gasteiger partial charge < -0.3 is 0 Å². The summed E-state index contributed by atoms with van der Waals surface area (Å²) in [5.41, 5.74) is 21.6. The Bertz CT molecular complexity index is 3560. The van der Waals surface area contributed by atoms with Crippen LogP contribution in [0, 0.1) is 18.3 Å². The predicted molar refractivity (Wildman–Crippen MR) is 370 cm³/mol. The first kappa shape index (κ1) is 62.5. The monoisotopic (exact) mass is 1100 g/mol. The van der Waals surface area contributed by atoms with Crippen LogP contribution < -0.4 is 0 Å². The van der Waals surface area contributed by atoms with Crippen molar-refractivity contribution < 1.29 is 0 Å². The number of fused-ring (bicyclic) bond motifs is 3. The van der Waals surface area contributed by atoms with Crippen LogP contribution in [0.2, 0.25) is 0 Å². The number of aromatic nitrogens is 1. The van der Waals surface area contributed by atoms with Gasteiger partial charge in [0.25, 0.3) is 0 Å². The van der Waals surface area contributed by atoms with E-state index in [1.165, 1.54) is 189 Å². The molecule has 1 nitrogen and oxygen atoms in total. The minimum absolute atomic E-state index is 0.0797. The van der Waals surface area contributed by atoms with Gasteiger partial charge in [-0.25, -0.2) is 4.98 Å². The first-order chi connectivity index (χ1) is 40.0. The number of unbranched alkanes of at least 4 members (excludes halogenated alkanes) is 10. The van der Waals surface area contributed by atoms with E-state index in [1.807, 2.05) is 0 Å². The van der Waals surface area contributed by atoms with Crippen molar-refractivity contribution >= 4 is 49.2 Å². The first-order valence-corrected chi connectivity index (χ1v) is 32.4. The van der Waals surface area contributed by atoms with Crippen molar-refractivity contribution in [2.75, 3.05) is 0 Å². The Hall–Kier alpha value is -6.57. The molecule has 0 aliphatic rings. The van der Waals surface area contributed by atoms with Gasteiger partial charge in [0, 0.05) is 22.1 Å². The molecule has 0 aliphatic carbocycles. The molecule has 1 heteroatoms. The molecule has 0 fully saturated rings. The molecule has 434 valence electrons. The van der Waals surface area contributed by atoms with Gasteiger partial charge >= 0.3 is 0 Å². The summed E-state index contributed by atoms with van der Waals surface area (Å²) in [6.45, 7) is 30.1. The van der Waals surface area contributed by atoms with Gasteiger partial charge in [0.1, 0.15) is 0 Å². The van der Waals surface area contributed by atoms with Crippen molar-refractivity contribution in [1.82, 2.24) is 4.98 Å². The van der Waals surface area contributed by atoms with Gasteiger partial charge in [0.15, 0.2) is 0 Å². The summed E-state index contributed by atoms with van der Waals surface area (Å²) in [7, 11) is 0. The lowest BCUT2D eigenvalue weighted by molar-refractivity contribution is 0.400. The van der Waals surface area contributed by atoms with E-state index in [0.29, 0.717) is 0 Å². The molecule has 0 spiro atoms. The van der Waals surface area contributed by atoms with Gasteiger partial charge in [-0.2, -0.15) is 0 Å². The Labute approximate surface area is 503 Å². The average Bonchev–Trinajstić information content (AvgIpc) is 2.47. The topological polar surface area (TPSA) is 12.9 Å². The lowest BCUT2D eigenvalue weighted by atomic mass is 9.80.